The Bertz CT molecular complexity index is 793. The summed E-state index contributed by atoms with van der Waals surface area (Å²) in [5, 5.41) is 3.50. The predicted octanol–water partition coefficient (Wildman–Crippen LogP) is 5.16. The first-order chi connectivity index (χ1) is 11.8. The molecule has 4 nitrogen and oxygen atoms in total. The first-order valence-corrected chi connectivity index (χ1v) is 8.67. The molecule has 25 heavy (non-hydrogen) atoms. The molecule has 0 fully saturated rings. The third-order valence-electron chi connectivity index (χ3n) is 3.28. The van der Waals surface area contributed by atoms with Crippen LogP contribution < -0.4 is 5.32 Å². The van der Waals surface area contributed by atoms with E-state index in [4.69, 9.17) is 51.1 Å². The number of esters is 1. The Labute approximate surface area is 165 Å². The second-order valence-corrected chi connectivity index (χ2v) is 6.74. The fourth-order valence-electron chi connectivity index (χ4n) is 1.92. The molecule has 0 spiro atoms. The lowest BCUT2D eigenvalue weighted by Gasteiger charge is -2.15. The first kappa shape index (κ1) is 19.9. The minimum atomic E-state index is -1.04. The Balaban J connectivity index is 1.98. The fourth-order valence-corrected chi connectivity index (χ4v) is 2.73. The van der Waals surface area contributed by atoms with Crippen molar-refractivity contribution in [1.82, 2.24) is 5.32 Å². The summed E-state index contributed by atoms with van der Waals surface area (Å²) in [6.45, 7) is 1.72. The van der Waals surface area contributed by atoms with Gasteiger partial charge in [-0.3, -0.25) is 4.79 Å². The maximum Gasteiger partial charge on any atom is 0.342 e. The normalized spacial score (nSPS) is 11.7. The van der Waals surface area contributed by atoms with Crippen molar-refractivity contribution in [3.8, 4) is 0 Å². The minimum absolute atomic E-state index is 0.0204. The van der Waals surface area contributed by atoms with Crippen molar-refractivity contribution < 1.29 is 14.3 Å². The number of amides is 1. The SMILES string of the molecule is CC(OC(=O)c1c(Cl)ccc(Cl)c1Cl)C(=O)NCc1ccc(Cl)cc1. The maximum absolute atomic E-state index is 12.2. The van der Waals surface area contributed by atoms with Crippen molar-refractivity contribution in [3.63, 3.8) is 0 Å². The first-order valence-electron chi connectivity index (χ1n) is 7.16. The van der Waals surface area contributed by atoms with Crippen LogP contribution in [0.4, 0.5) is 0 Å². The van der Waals surface area contributed by atoms with Gasteiger partial charge in [0.1, 0.15) is 0 Å². The average molecular weight is 421 g/mol. The Morgan fingerprint density at radius 2 is 1.60 bits per heavy atom. The number of carbonyl (C=O) groups excluding carboxylic acids is 2. The van der Waals surface area contributed by atoms with E-state index in [9.17, 15) is 9.59 Å². The smallest absolute Gasteiger partial charge is 0.342 e. The molecule has 0 heterocycles. The Hall–Kier alpha value is -1.46. The third-order valence-corrected chi connectivity index (χ3v) is 4.65. The van der Waals surface area contributed by atoms with Crippen molar-refractivity contribution in [1.29, 1.82) is 0 Å². The van der Waals surface area contributed by atoms with Gasteiger partial charge in [-0.25, -0.2) is 4.79 Å². The van der Waals surface area contributed by atoms with E-state index in [2.05, 4.69) is 5.32 Å². The van der Waals surface area contributed by atoms with E-state index in [-0.39, 0.29) is 27.2 Å². The molecule has 2 aromatic rings. The molecular formula is C17H13Cl4NO3. The van der Waals surface area contributed by atoms with E-state index in [1.54, 1.807) is 24.3 Å². The molecule has 0 aliphatic carbocycles. The van der Waals surface area contributed by atoms with E-state index in [1.165, 1.54) is 19.1 Å². The molecule has 0 aliphatic rings. The molecule has 0 radical (unpaired) electrons. The zero-order valence-electron chi connectivity index (χ0n) is 13.0. The summed E-state index contributed by atoms with van der Waals surface area (Å²) >= 11 is 23.6. The molecule has 0 bridgehead atoms. The summed E-state index contributed by atoms with van der Waals surface area (Å²) in [5.74, 6) is -1.29. The van der Waals surface area contributed by atoms with Crippen LogP contribution in [-0.4, -0.2) is 18.0 Å². The van der Waals surface area contributed by atoms with Crippen LogP contribution in [-0.2, 0) is 16.1 Å². The summed E-state index contributed by atoms with van der Waals surface area (Å²) in [5.41, 5.74) is 0.783. The highest BCUT2D eigenvalue weighted by molar-refractivity contribution is 6.46. The molecule has 132 valence electrons. The summed E-state index contributed by atoms with van der Waals surface area (Å²) < 4.78 is 5.12. The fraction of sp³-hybridized carbons (Fsp3) is 0.176. The van der Waals surface area contributed by atoms with Crippen LogP contribution in [0.1, 0.15) is 22.8 Å². The maximum atomic E-state index is 12.2. The Kier molecular flexibility index (Phi) is 6.96. The number of halogens is 4. The second kappa shape index (κ2) is 8.77. The van der Waals surface area contributed by atoms with E-state index in [0.717, 1.165) is 5.56 Å². The number of rotatable bonds is 5. The quantitative estimate of drug-likeness (QED) is 0.536. The van der Waals surface area contributed by atoms with Crippen LogP contribution >= 0.6 is 46.4 Å². The molecule has 2 aromatic carbocycles. The summed E-state index contributed by atoms with van der Waals surface area (Å²) in [4.78, 5) is 24.3. The van der Waals surface area contributed by atoms with E-state index < -0.39 is 18.0 Å². The largest absolute Gasteiger partial charge is 0.449 e. The molecular weight excluding hydrogens is 408 g/mol. The lowest BCUT2D eigenvalue weighted by molar-refractivity contribution is -0.129. The molecule has 1 N–H and O–H groups in total. The molecule has 1 amide bonds. The number of nitrogens with one attached hydrogen (secondary N) is 1. The predicted molar refractivity (Wildman–Crippen MR) is 99.6 cm³/mol. The van der Waals surface area contributed by atoms with Gasteiger partial charge in [0.25, 0.3) is 5.91 Å². The summed E-state index contributed by atoms with van der Waals surface area (Å²) in [6.07, 6.45) is -1.04. The van der Waals surface area contributed by atoms with Gasteiger partial charge in [-0.2, -0.15) is 0 Å². The standard InChI is InChI=1S/C17H13Cl4NO3/c1-9(16(23)22-8-10-2-4-11(18)5-3-10)25-17(24)14-12(19)6-7-13(20)15(14)21/h2-7,9H,8H2,1H3,(H,22,23). The molecule has 8 heteroatoms. The number of ether oxygens (including phenoxy) is 1. The lowest BCUT2D eigenvalue weighted by Crippen LogP contribution is -2.35. The van der Waals surface area contributed by atoms with Gasteiger partial charge in [0.2, 0.25) is 0 Å². The van der Waals surface area contributed by atoms with Gasteiger partial charge in [-0.05, 0) is 36.8 Å². The van der Waals surface area contributed by atoms with E-state index in [1.807, 2.05) is 0 Å². The number of hydrogen-bond donors (Lipinski definition) is 1. The van der Waals surface area contributed by atoms with Crippen LogP contribution in [0.2, 0.25) is 20.1 Å². The van der Waals surface area contributed by atoms with Gasteiger partial charge in [0, 0.05) is 11.6 Å². The van der Waals surface area contributed by atoms with Crippen LogP contribution in [0.15, 0.2) is 36.4 Å². The van der Waals surface area contributed by atoms with Gasteiger partial charge < -0.3 is 10.1 Å². The zero-order valence-corrected chi connectivity index (χ0v) is 16.0. The number of benzene rings is 2. The number of carbonyl (C=O) groups is 2. The molecule has 2 rings (SSSR count). The molecule has 0 saturated heterocycles. The van der Waals surface area contributed by atoms with Crippen molar-refractivity contribution in [2.75, 3.05) is 0 Å². The third kappa shape index (κ3) is 5.25. The molecule has 1 atom stereocenters. The molecule has 0 aliphatic heterocycles. The minimum Gasteiger partial charge on any atom is -0.449 e. The lowest BCUT2D eigenvalue weighted by atomic mass is 10.2. The highest BCUT2D eigenvalue weighted by Crippen LogP contribution is 2.32. The zero-order chi connectivity index (χ0) is 18.6. The number of hydrogen-bond acceptors (Lipinski definition) is 3. The Morgan fingerprint density at radius 1 is 1.00 bits per heavy atom. The highest BCUT2D eigenvalue weighted by atomic mass is 35.5. The van der Waals surface area contributed by atoms with Crippen molar-refractivity contribution in [2.45, 2.75) is 19.6 Å². The highest BCUT2D eigenvalue weighted by Gasteiger charge is 2.23. The van der Waals surface area contributed by atoms with Gasteiger partial charge in [-0.15, -0.1) is 0 Å². The van der Waals surface area contributed by atoms with Gasteiger partial charge in [-0.1, -0.05) is 58.5 Å². The van der Waals surface area contributed by atoms with E-state index >= 15 is 0 Å². The summed E-state index contributed by atoms with van der Waals surface area (Å²) in [7, 11) is 0. The van der Waals surface area contributed by atoms with Crippen LogP contribution in [0.3, 0.4) is 0 Å². The van der Waals surface area contributed by atoms with Crippen molar-refractivity contribution in [2.24, 2.45) is 0 Å². The monoisotopic (exact) mass is 419 g/mol. The average Bonchev–Trinajstić information content (AvgIpc) is 2.57. The molecule has 0 saturated carbocycles. The van der Waals surface area contributed by atoms with Gasteiger partial charge in [0.15, 0.2) is 6.10 Å². The topological polar surface area (TPSA) is 55.4 Å². The molecule has 1 unspecified atom stereocenters. The van der Waals surface area contributed by atoms with E-state index in [0.29, 0.717) is 5.02 Å². The van der Waals surface area contributed by atoms with Gasteiger partial charge >= 0.3 is 5.97 Å². The van der Waals surface area contributed by atoms with Crippen LogP contribution in [0, 0.1) is 0 Å². The van der Waals surface area contributed by atoms with Crippen molar-refractivity contribution >= 4 is 58.3 Å². The second-order valence-electron chi connectivity index (χ2n) is 5.11. The Morgan fingerprint density at radius 3 is 2.24 bits per heavy atom. The van der Waals surface area contributed by atoms with Crippen LogP contribution in [0.5, 0.6) is 0 Å². The molecule has 0 aromatic heterocycles. The van der Waals surface area contributed by atoms with Crippen molar-refractivity contribution in [3.05, 3.63) is 67.6 Å². The van der Waals surface area contributed by atoms with Crippen LogP contribution in [0.25, 0.3) is 0 Å². The van der Waals surface area contributed by atoms with Gasteiger partial charge in [0.05, 0.1) is 20.6 Å². The summed E-state index contributed by atoms with van der Waals surface area (Å²) in [6, 6.07) is 9.89.